The molecule has 0 bridgehead atoms. The molecule has 0 radical (unpaired) electrons. The molecule has 3 aromatic carbocycles. The first kappa shape index (κ1) is 30.7. The smallest absolute Gasteiger partial charge is 0.304 e. The number of hydrazine groups is 1. The highest BCUT2D eigenvalue weighted by Gasteiger charge is 2.32. The van der Waals surface area contributed by atoms with Crippen molar-refractivity contribution >= 4 is 5.97 Å². The van der Waals surface area contributed by atoms with Gasteiger partial charge in [0.15, 0.2) is 0 Å². The van der Waals surface area contributed by atoms with Crippen LogP contribution in [0.2, 0.25) is 0 Å². The first-order chi connectivity index (χ1) is 20.4. The number of carboxylic acids is 1. The lowest BCUT2D eigenvalue weighted by Crippen LogP contribution is -2.41. The zero-order valence-electron chi connectivity index (χ0n) is 25.2. The molecule has 1 heterocycles. The fourth-order valence-electron chi connectivity index (χ4n) is 5.92. The number of aliphatic carboxylic acids is 1. The fourth-order valence-corrected chi connectivity index (χ4v) is 5.92. The Morgan fingerprint density at radius 1 is 1.14 bits per heavy atom. The van der Waals surface area contributed by atoms with Crippen LogP contribution in [0.25, 0.3) is 11.1 Å². The van der Waals surface area contributed by atoms with Gasteiger partial charge in [-0.3, -0.25) is 9.63 Å². The summed E-state index contributed by atoms with van der Waals surface area (Å²) in [6, 6.07) is 12.6. The van der Waals surface area contributed by atoms with E-state index in [4.69, 9.17) is 24.2 Å². The summed E-state index contributed by atoms with van der Waals surface area (Å²) in [6.45, 7) is 10.2. The van der Waals surface area contributed by atoms with Crippen molar-refractivity contribution in [3.63, 3.8) is 0 Å². The molecule has 0 amide bonds. The molecule has 2 aliphatic rings. The molecule has 0 aromatic heterocycles. The van der Waals surface area contributed by atoms with E-state index >= 15 is 4.39 Å². The fraction of sp³-hybridized carbons (Fsp3) is 0.424. The van der Waals surface area contributed by atoms with Gasteiger partial charge in [-0.2, -0.15) is 5.34 Å². The van der Waals surface area contributed by atoms with Crippen molar-refractivity contribution in [2.75, 3.05) is 19.8 Å². The van der Waals surface area contributed by atoms with Crippen molar-refractivity contribution in [2.45, 2.75) is 71.5 Å². The lowest BCUT2D eigenvalue weighted by atomic mass is 9.90. The molecule has 3 aromatic rings. The van der Waals surface area contributed by atoms with Gasteiger partial charge < -0.3 is 24.5 Å². The second-order valence-electron chi connectivity index (χ2n) is 12.1. The number of nitrogens with zero attached hydrogens (tertiary/aromatic N) is 1. The molecular formula is C33H38FN2O7-. The van der Waals surface area contributed by atoms with Gasteiger partial charge in [-0.05, 0) is 99.5 Å². The number of ether oxygens (including phenoxy) is 3. The first-order valence-corrected chi connectivity index (χ1v) is 14.5. The number of benzene rings is 3. The molecule has 1 aliphatic carbocycles. The van der Waals surface area contributed by atoms with Crippen LogP contribution in [0.1, 0.15) is 73.5 Å². The molecule has 2 N–H and O–H groups in total. The van der Waals surface area contributed by atoms with Gasteiger partial charge >= 0.3 is 5.97 Å². The van der Waals surface area contributed by atoms with Crippen molar-refractivity contribution in [1.82, 2.24) is 10.8 Å². The highest BCUT2D eigenvalue weighted by Crippen LogP contribution is 2.45. The van der Waals surface area contributed by atoms with Gasteiger partial charge in [0.2, 0.25) is 0 Å². The summed E-state index contributed by atoms with van der Waals surface area (Å²) < 4.78 is 33.2. The molecule has 230 valence electrons. The molecule has 5 rings (SSSR count). The molecule has 1 aliphatic heterocycles. The molecule has 43 heavy (non-hydrogen) atoms. The topological polar surface area (TPSA) is 113 Å². The van der Waals surface area contributed by atoms with Crippen LogP contribution in [0, 0.1) is 24.9 Å². The molecule has 0 spiro atoms. The number of hydrogen-bond donors (Lipinski definition) is 2. The number of fused-ring (bicyclic) bond motifs is 2. The van der Waals surface area contributed by atoms with E-state index in [9.17, 15) is 10.0 Å². The lowest BCUT2D eigenvalue weighted by molar-refractivity contribution is -0.227. The Morgan fingerprint density at radius 2 is 1.88 bits per heavy atom. The maximum atomic E-state index is 15.3. The third kappa shape index (κ3) is 7.10. The van der Waals surface area contributed by atoms with Gasteiger partial charge in [0.1, 0.15) is 35.8 Å². The average molecular weight is 594 g/mol. The number of halogens is 1. The average Bonchev–Trinajstić information content (AvgIpc) is 3.51. The van der Waals surface area contributed by atoms with Gasteiger partial charge in [0.05, 0.1) is 18.6 Å². The van der Waals surface area contributed by atoms with Gasteiger partial charge in [0.25, 0.3) is 0 Å². The van der Waals surface area contributed by atoms with Crippen LogP contribution in [0.15, 0.2) is 42.5 Å². The van der Waals surface area contributed by atoms with E-state index < -0.39 is 17.7 Å². The SMILES string of the molecule is Cc1cc(OCCNN([O-])OC(C)(C)C)cc(C)c1-c1ccc(F)c2c1CC[C@H]2Oc1ccc2c(c1)OC[C@H]2CC(=O)O. The van der Waals surface area contributed by atoms with Crippen molar-refractivity contribution in [1.29, 1.82) is 0 Å². The number of nitrogens with one attached hydrogen (secondary N) is 1. The van der Waals surface area contributed by atoms with Crippen LogP contribution in [0.5, 0.6) is 17.2 Å². The van der Waals surface area contributed by atoms with E-state index in [1.165, 1.54) is 6.07 Å². The molecule has 10 heteroatoms. The van der Waals surface area contributed by atoms with Crippen LogP contribution in [-0.4, -0.2) is 41.8 Å². The zero-order chi connectivity index (χ0) is 30.9. The minimum Gasteiger partial charge on any atom is -0.748 e. The summed E-state index contributed by atoms with van der Waals surface area (Å²) in [7, 11) is 0. The standard InChI is InChI=1S/C33H38FN2O7/c1-19-14-23(40-13-12-35-36(39)43-33(3,4)5)15-20(2)31(19)25-8-10-27(34)32-26(25)9-11-28(32)42-22-6-7-24-21(16-30(37)38)18-41-29(24)17-22/h6-8,10,14-15,17,21,28,35H,9,11-13,16,18H2,1-5H3,(H,37,38)/q-1/t21-,28-/m1/s1. The van der Waals surface area contributed by atoms with Crippen LogP contribution in [0.3, 0.4) is 0 Å². The number of aryl methyl sites for hydroxylation is 2. The minimum absolute atomic E-state index is 0.00754. The van der Waals surface area contributed by atoms with Crippen LogP contribution >= 0.6 is 0 Å². The first-order valence-electron chi connectivity index (χ1n) is 14.5. The maximum Gasteiger partial charge on any atom is 0.304 e. The number of carbonyl (C=O) groups is 1. The highest BCUT2D eigenvalue weighted by atomic mass is 19.1. The summed E-state index contributed by atoms with van der Waals surface area (Å²) >= 11 is 0. The van der Waals surface area contributed by atoms with E-state index in [0.717, 1.165) is 33.4 Å². The van der Waals surface area contributed by atoms with Crippen molar-refractivity contribution < 1.29 is 33.3 Å². The third-order valence-electron chi connectivity index (χ3n) is 7.59. The number of rotatable bonds is 11. The largest absolute Gasteiger partial charge is 0.748 e. The lowest BCUT2D eigenvalue weighted by Gasteiger charge is -2.34. The van der Waals surface area contributed by atoms with Gasteiger partial charge in [-0.1, -0.05) is 12.1 Å². The zero-order valence-corrected chi connectivity index (χ0v) is 25.2. The monoisotopic (exact) mass is 593 g/mol. The maximum absolute atomic E-state index is 15.3. The van der Waals surface area contributed by atoms with Crippen LogP contribution < -0.4 is 19.6 Å². The van der Waals surface area contributed by atoms with Gasteiger partial charge in [-0.25, -0.2) is 9.82 Å². The van der Waals surface area contributed by atoms with Crippen molar-refractivity contribution in [2.24, 2.45) is 0 Å². The summed E-state index contributed by atoms with van der Waals surface area (Å²) in [5, 5.41) is 21.3. The van der Waals surface area contributed by atoms with E-state index in [1.807, 2.05) is 38.1 Å². The van der Waals surface area contributed by atoms with E-state index in [1.54, 1.807) is 32.9 Å². The summed E-state index contributed by atoms with van der Waals surface area (Å²) in [5.41, 5.74) is 8.35. The predicted octanol–water partition coefficient (Wildman–Crippen LogP) is 6.54. The molecular weight excluding hydrogens is 555 g/mol. The molecule has 2 atom stereocenters. The number of carboxylic acid groups (broad SMARTS) is 1. The van der Waals surface area contributed by atoms with Gasteiger partial charge in [-0.15, -0.1) is 0 Å². The van der Waals surface area contributed by atoms with E-state index in [2.05, 4.69) is 5.43 Å². The Morgan fingerprint density at radius 3 is 2.58 bits per heavy atom. The van der Waals surface area contributed by atoms with E-state index in [0.29, 0.717) is 47.6 Å². The Kier molecular flexibility index (Phi) is 8.94. The highest BCUT2D eigenvalue weighted by molar-refractivity contribution is 5.76. The Labute approximate surface area is 251 Å². The molecule has 0 fully saturated rings. The van der Waals surface area contributed by atoms with E-state index in [-0.39, 0.29) is 31.3 Å². The second kappa shape index (κ2) is 12.5. The van der Waals surface area contributed by atoms with Crippen molar-refractivity contribution in [3.8, 4) is 28.4 Å². The Hall–Kier alpha value is -3.70. The Bertz CT molecular complexity index is 1480. The minimum atomic E-state index is -0.866. The number of hydrogen-bond acceptors (Lipinski definition) is 8. The molecule has 0 saturated carbocycles. The Balaban J connectivity index is 1.29. The summed E-state index contributed by atoms with van der Waals surface area (Å²) in [6.07, 6.45) is 0.849. The second-order valence-corrected chi connectivity index (χ2v) is 12.1. The summed E-state index contributed by atoms with van der Waals surface area (Å²) in [4.78, 5) is 16.3. The van der Waals surface area contributed by atoms with Crippen LogP contribution in [-0.2, 0) is 16.1 Å². The van der Waals surface area contributed by atoms with Crippen LogP contribution in [0.4, 0.5) is 4.39 Å². The molecule has 0 saturated heterocycles. The summed E-state index contributed by atoms with van der Waals surface area (Å²) in [5.74, 6) is 0.500. The molecule has 0 unspecified atom stereocenters. The van der Waals surface area contributed by atoms with Gasteiger partial charge in [0, 0.05) is 29.7 Å². The van der Waals surface area contributed by atoms with Crippen molar-refractivity contribution in [3.05, 3.63) is 81.3 Å². The predicted molar refractivity (Wildman–Crippen MR) is 159 cm³/mol. The third-order valence-corrected chi connectivity index (χ3v) is 7.59. The molecule has 9 nitrogen and oxygen atoms in total. The quantitative estimate of drug-likeness (QED) is 0.189. The normalized spacial score (nSPS) is 17.5.